The molecule has 0 saturated heterocycles. The summed E-state index contributed by atoms with van der Waals surface area (Å²) in [5.41, 5.74) is 2.16. The normalized spacial score (nSPS) is 11.0. The van der Waals surface area contributed by atoms with Gasteiger partial charge in [0.1, 0.15) is 5.75 Å². The number of hydrogen-bond donors (Lipinski definition) is 2. The van der Waals surface area contributed by atoms with Crippen molar-refractivity contribution >= 4 is 28.9 Å². The molecule has 0 unspecified atom stereocenters. The Hall–Kier alpha value is -2.76. The van der Waals surface area contributed by atoms with Crippen molar-refractivity contribution in [2.24, 2.45) is 0 Å². The van der Waals surface area contributed by atoms with Gasteiger partial charge in [0.05, 0.1) is 25.5 Å². The molecule has 0 aliphatic heterocycles. The number of aromatic nitrogens is 1. The van der Waals surface area contributed by atoms with E-state index in [0.717, 1.165) is 11.6 Å². The Bertz CT molecular complexity index is 742. The predicted molar refractivity (Wildman–Crippen MR) is 77.6 cm³/mol. The molecule has 0 amide bonds. The van der Waals surface area contributed by atoms with Crippen LogP contribution in [0.2, 0.25) is 0 Å². The number of H-pyrrole nitrogens is 1. The zero-order chi connectivity index (χ0) is 15.6. The average molecular weight is 289 g/mol. The van der Waals surface area contributed by atoms with Crippen LogP contribution in [-0.4, -0.2) is 36.2 Å². The van der Waals surface area contributed by atoms with Crippen LogP contribution in [0.25, 0.3) is 17.0 Å². The molecule has 2 aromatic rings. The van der Waals surface area contributed by atoms with E-state index in [1.165, 1.54) is 13.2 Å². The van der Waals surface area contributed by atoms with Crippen LogP contribution < -0.4 is 4.74 Å². The predicted octanol–water partition coefficient (Wildman–Crippen LogP) is 2.37. The number of carbonyl (C=O) groups excluding carboxylic acids is 1. The molecule has 0 saturated carbocycles. The number of ether oxygens (including phenoxy) is 2. The minimum Gasteiger partial charge on any atom is -0.496 e. The molecule has 1 aromatic heterocycles. The highest BCUT2D eigenvalue weighted by atomic mass is 16.5. The molecule has 2 rings (SSSR count). The standard InChI is InChI=1S/C15H15NO5/c1-8-11(20-2)6-4-9-13(8)14(15(19)21-3)10(16-9)5-7-12(17)18/h4-7,16H,1-3H3,(H,17,18). The third-order valence-corrected chi connectivity index (χ3v) is 3.21. The lowest BCUT2D eigenvalue weighted by Crippen LogP contribution is -2.03. The van der Waals surface area contributed by atoms with E-state index in [0.29, 0.717) is 27.9 Å². The third kappa shape index (κ3) is 2.60. The highest BCUT2D eigenvalue weighted by Gasteiger charge is 2.20. The number of esters is 1. The van der Waals surface area contributed by atoms with Crippen LogP contribution in [0.15, 0.2) is 18.2 Å². The molecule has 1 heterocycles. The SMILES string of the molecule is COC(=O)c1c(C=CC(=O)O)[nH]c2ccc(OC)c(C)c12. The van der Waals surface area contributed by atoms with Crippen LogP contribution in [-0.2, 0) is 9.53 Å². The van der Waals surface area contributed by atoms with Gasteiger partial charge in [0.15, 0.2) is 0 Å². The molecule has 0 bridgehead atoms. The first-order valence-corrected chi connectivity index (χ1v) is 6.18. The summed E-state index contributed by atoms with van der Waals surface area (Å²) in [4.78, 5) is 25.7. The molecular formula is C15H15NO5. The van der Waals surface area contributed by atoms with Gasteiger partial charge < -0.3 is 19.6 Å². The first-order valence-electron chi connectivity index (χ1n) is 6.18. The molecule has 0 atom stereocenters. The minimum atomic E-state index is -1.10. The van der Waals surface area contributed by atoms with Crippen molar-refractivity contribution in [3.8, 4) is 5.75 Å². The van der Waals surface area contributed by atoms with Gasteiger partial charge in [0, 0.05) is 22.5 Å². The molecule has 1 aromatic carbocycles. The second-order valence-electron chi connectivity index (χ2n) is 4.39. The van der Waals surface area contributed by atoms with Gasteiger partial charge in [-0.2, -0.15) is 0 Å². The van der Waals surface area contributed by atoms with Crippen molar-refractivity contribution in [1.29, 1.82) is 0 Å². The van der Waals surface area contributed by atoms with Crippen LogP contribution >= 0.6 is 0 Å². The number of aliphatic carboxylic acids is 1. The van der Waals surface area contributed by atoms with Crippen molar-refractivity contribution < 1.29 is 24.2 Å². The molecule has 0 aliphatic carbocycles. The molecule has 0 fully saturated rings. The average Bonchev–Trinajstić information content (AvgIpc) is 2.84. The highest BCUT2D eigenvalue weighted by Crippen LogP contribution is 2.32. The molecule has 0 aliphatic rings. The number of rotatable bonds is 4. The van der Waals surface area contributed by atoms with E-state index in [-0.39, 0.29) is 0 Å². The summed E-state index contributed by atoms with van der Waals surface area (Å²) < 4.78 is 10.0. The smallest absolute Gasteiger partial charge is 0.340 e. The van der Waals surface area contributed by atoms with E-state index >= 15 is 0 Å². The Morgan fingerprint density at radius 3 is 2.57 bits per heavy atom. The maximum atomic E-state index is 12.0. The number of nitrogens with one attached hydrogen (secondary N) is 1. The van der Waals surface area contributed by atoms with E-state index in [2.05, 4.69) is 4.98 Å². The van der Waals surface area contributed by atoms with Gasteiger partial charge in [-0.25, -0.2) is 9.59 Å². The fourth-order valence-corrected chi connectivity index (χ4v) is 2.28. The summed E-state index contributed by atoms with van der Waals surface area (Å²) in [5.74, 6) is -0.998. The summed E-state index contributed by atoms with van der Waals surface area (Å²) in [7, 11) is 2.82. The van der Waals surface area contributed by atoms with E-state index in [9.17, 15) is 9.59 Å². The summed E-state index contributed by atoms with van der Waals surface area (Å²) in [6.45, 7) is 1.83. The maximum Gasteiger partial charge on any atom is 0.340 e. The molecule has 0 radical (unpaired) electrons. The minimum absolute atomic E-state index is 0.293. The summed E-state index contributed by atoms with van der Waals surface area (Å²) in [6.07, 6.45) is 2.30. The van der Waals surface area contributed by atoms with Gasteiger partial charge in [0.25, 0.3) is 0 Å². The van der Waals surface area contributed by atoms with E-state index in [1.807, 2.05) is 6.92 Å². The van der Waals surface area contributed by atoms with E-state index in [4.69, 9.17) is 14.6 Å². The van der Waals surface area contributed by atoms with Crippen LogP contribution in [0, 0.1) is 6.92 Å². The lowest BCUT2D eigenvalue weighted by atomic mass is 10.0. The van der Waals surface area contributed by atoms with Crippen molar-refractivity contribution in [1.82, 2.24) is 4.98 Å². The van der Waals surface area contributed by atoms with Gasteiger partial charge in [-0.1, -0.05) is 0 Å². The molecule has 6 nitrogen and oxygen atoms in total. The number of carbonyl (C=O) groups is 2. The molecule has 2 N–H and O–H groups in total. The number of aryl methyl sites for hydroxylation is 1. The number of benzene rings is 1. The summed E-state index contributed by atoms with van der Waals surface area (Å²) in [6, 6.07) is 3.55. The van der Waals surface area contributed by atoms with E-state index < -0.39 is 11.9 Å². The zero-order valence-electron chi connectivity index (χ0n) is 11.9. The van der Waals surface area contributed by atoms with Crippen molar-refractivity contribution in [3.63, 3.8) is 0 Å². The second kappa shape index (κ2) is 5.70. The van der Waals surface area contributed by atoms with E-state index in [1.54, 1.807) is 19.2 Å². The van der Waals surface area contributed by atoms with Crippen molar-refractivity contribution in [3.05, 3.63) is 35.0 Å². The van der Waals surface area contributed by atoms with Crippen LogP contribution in [0.3, 0.4) is 0 Å². The fraction of sp³-hybridized carbons (Fsp3) is 0.200. The molecule has 0 spiro atoms. The quantitative estimate of drug-likeness (QED) is 0.666. The number of methoxy groups -OCH3 is 2. The third-order valence-electron chi connectivity index (χ3n) is 3.21. The molecule has 21 heavy (non-hydrogen) atoms. The van der Waals surface area contributed by atoms with Gasteiger partial charge in [-0.3, -0.25) is 0 Å². The Balaban J connectivity index is 2.78. The largest absolute Gasteiger partial charge is 0.496 e. The first kappa shape index (κ1) is 14.6. The Kier molecular flexibility index (Phi) is 3.98. The van der Waals surface area contributed by atoms with Gasteiger partial charge in [-0.05, 0) is 25.1 Å². The number of aromatic amines is 1. The highest BCUT2D eigenvalue weighted by molar-refractivity contribution is 6.09. The summed E-state index contributed by atoms with van der Waals surface area (Å²) in [5, 5.41) is 9.39. The Labute approximate surface area is 121 Å². The molecular weight excluding hydrogens is 274 g/mol. The maximum absolute atomic E-state index is 12.0. The van der Waals surface area contributed by atoms with Crippen LogP contribution in [0.5, 0.6) is 5.75 Å². The lowest BCUT2D eigenvalue weighted by molar-refractivity contribution is -0.131. The Morgan fingerprint density at radius 1 is 1.29 bits per heavy atom. The van der Waals surface area contributed by atoms with Gasteiger partial charge in [0.2, 0.25) is 0 Å². The number of carboxylic acid groups (broad SMARTS) is 1. The number of fused-ring (bicyclic) bond motifs is 1. The van der Waals surface area contributed by atoms with Crippen LogP contribution in [0.1, 0.15) is 21.6 Å². The zero-order valence-corrected chi connectivity index (χ0v) is 11.9. The second-order valence-corrected chi connectivity index (χ2v) is 4.39. The van der Waals surface area contributed by atoms with Crippen molar-refractivity contribution in [2.45, 2.75) is 6.92 Å². The first-order chi connectivity index (χ1) is 9.99. The van der Waals surface area contributed by atoms with Crippen molar-refractivity contribution in [2.75, 3.05) is 14.2 Å². The van der Waals surface area contributed by atoms with Gasteiger partial charge in [-0.15, -0.1) is 0 Å². The lowest BCUT2D eigenvalue weighted by Gasteiger charge is -2.06. The number of carboxylic acids is 1. The number of hydrogen-bond acceptors (Lipinski definition) is 4. The van der Waals surface area contributed by atoms with Gasteiger partial charge >= 0.3 is 11.9 Å². The Morgan fingerprint density at radius 2 is 2.00 bits per heavy atom. The molecule has 6 heteroatoms. The summed E-state index contributed by atoms with van der Waals surface area (Å²) >= 11 is 0. The fourth-order valence-electron chi connectivity index (χ4n) is 2.28. The topological polar surface area (TPSA) is 88.6 Å². The monoisotopic (exact) mass is 289 g/mol. The molecule has 110 valence electrons. The van der Waals surface area contributed by atoms with Crippen LogP contribution in [0.4, 0.5) is 0 Å².